The van der Waals surface area contributed by atoms with Gasteiger partial charge in [0.25, 0.3) is 11.8 Å². The zero-order chi connectivity index (χ0) is 24.8. The van der Waals surface area contributed by atoms with Crippen LogP contribution in [-0.4, -0.2) is 70.1 Å². The van der Waals surface area contributed by atoms with Crippen LogP contribution >= 0.6 is 0 Å². The minimum atomic E-state index is -2.99. The van der Waals surface area contributed by atoms with Gasteiger partial charge < -0.3 is 14.7 Å². The molecule has 2 aliphatic heterocycles. The lowest BCUT2D eigenvalue weighted by atomic mass is 9.80. The van der Waals surface area contributed by atoms with Crippen LogP contribution in [0.1, 0.15) is 50.7 Å². The average molecular weight is 484 g/mol. The summed E-state index contributed by atoms with van der Waals surface area (Å²) < 4.78 is 53.2. The number of alkyl halides is 4. The molecular formula is C24H29F4N3O3. The van der Waals surface area contributed by atoms with E-state index in [4.69, 9.17) is 0 Å². The third-order valence-electron chi connectivity index (χ3n) is 7.47. The second-order valence-corrected chi connectivity index (χ2v) is 9.81. The Hall–Kier alpha value is -2.65. The van der Waals surface area contributed by atoms with E-state index in [1.165, 1.54) is 45.9 Å². The third-order valence-corrected chi connectivity index (χ3v) is 7.47. The van der Waals surface area contributed by atoms with Gasteiger partial charge in [0, 0.05) is 37.9 Å². The van der Waals surface area contributed by atoms with Crippen LogP contribution in [0.25, 0.3) is 0 Å². The first kappa shape index (κ1) is 24.5. The number of halogens is 4. The summed E-state index contributed by atoms with van der Waals surface area (Å²) in [6.45, 7) is 2.20. The van der Waals surface area contributed by atoms with E-state index >= 15 is 0 Å². The molecule has 2 saturated heterocycles. The van der Waals surface area contributed by atoms with Crippen molar-refractivity contribution in [1.82, 2.24) is 14.7 Å². The van der Waals surface area contributed by atoms with Gasteiger partial charge in [-0.05, 0) is 31.2 Å². The fourth-order valence-corrected chi connectivity index (χ4v) is 5.32. The summed E-state index contributed by atoms with van der Waals surface area (Å²) in [6, 6.07) is 5.33. The summed E-state index contributed by atoms with van der Waals surface area (Å²) in [6.07, 6.45) is -0.979. The number of rotatable bonds is 5. The van der Waals surface area contributed by atoms with Crippen molar-refractivity contribution >= 4 is 17.7 Å². The Morgan fingerprint density at radius 3 is 2.18 bits per heavy atom. The first-order valence-electron chi connectivity index (χ1n) is 11.5. The van der Waals surface area contributed by atoms with Crippen LogP contribution in [0.5, 0.6) is 0 Å². The molecule has 0 radical (unpaired) electrons. The van der Waals surface area contributed by atoms with E-state index < -0.39 is 23.8 Å². The molecule has 1 saturated carbocycles. The molecule has 1 aromatic rings. The first-order valence-corrected chi connectivity index (χ1v) is 11.5. The lowest BCUT2D eigenvalue weighted by Gasteiger charge is -2.59. The summed E-state index contributed by atoms with van der Waals surface area (Å²) in [7, 11) is 0. The highest BCUT2D eigenvalue weighted by atomic mass is 19.3. The largest absolute Gasteiger partial charge is 0.337 e. The smallest absolute Gasteiger partial charge is 0.270 e. The molecule has 3 amide bonds. The molecule has 4 rings (SSSR count). The van der Waals surface area contributed by atoms with Gasteiger partial charge in [-0.3, -0.25) is 14.4 Å². The van der Waals surface area contributed by atoms with Crippen LogP contribution < -0.4 is 0 Å². The zero-order valence-corrected chi connectivity index (χ0v) is 19.3. The van der Waals surface area contributed by atoms with Crippen LogP contribution in [0.2, 0.25) is 0 Å². The third kappa shape index (κ3) is 4.38. The van der Waals surface area contributed by atoms with E-state index in [-0.39, 0.29) is 55.5 Å². The highest BCUT2D eigenvalue weighted by molar-refractivity contribution is 6.00. The Labute approximate surface area is 195 Å². The van der Waals surface area contributed by atoms with Crippen molar-refractivity contribution in [2.24, 2.45) is 5.92 Å². The molecule has 0 aromatic heterocycles. The number of benzene rings is 1. The Morgan fingerprint density at radius 1 is 1.09 bits per heavy atom. The van der Waals surface area contributed by atoms with Crippen LogP contribution in [-0.2, 0) is 26.9 Å². The number of carbonyl (C=O) groups is 3. The van der Waals surface area contributed by atoms with Gasteiger partial charge in [-0.1, -0.05) is 24.3 Å². The molecule has 10 heteroatoms. The fraction of sp³-hybridized carbons (Fsp3) is 0.625. The summed E-state index contributed by atoms with van der Waals surface area (Å²) in [4.78, 5) is 43.3. The predicted octanol–water partition coefficient (Wildman–Crippen LogP) is 3.39. The zero-order valence-electron chi connectivity index (χ0n) is 19.3. The van der Waals surface area contributed by atoms with Gasteiger partial charge in [0.05, 0.1) is 13.1 Å². The lowest BCUT2D eigenvalue weighted by Crippen LogP contribution is -2.81. The van der Waals surface area contributed by atoms with Gasteiger partial charge in [-0.15, -0.1) is 0 Å². The highest BCUT2D eigenvalue weighted by Gasteiger charge is 2.61. The van der Waals surface area contributed by atoms with E-state index in [1.807, 2.05) is 0 Å². The molecule has 3 fully saturated rings. The number of piperazine rings is 1. The molecule has 1 aromatic carbocycles. The predicted molar refractivity (Wildman–Crippen MR) is 115 cm³/mol. The van der Waals surface area contributed by atoms with Gasteiger partial charge in [-0.2, -0.15) is 0 Å². The van der Waals surface area contributed by atoms with Crippen LogP contribution in [0.3, 0.4) is 0 Å². The van der Waals surface area contributed by atoms with E-state index in [0.29, 0.717) is 31.2 Å². The summed E-state index contributed by atoms with van der Waals surface area (Å²) in [5.74, 6) is -4.47. The standard InChI is InChI=1S/C24H29F4N3O3/c1-15(32)29-13-24(14-29)22(34)30(19-9-5-17(6-10-19)21(25)26)12-20(33)31(24)11-16-3-7-18(8-4-16)23(2,27)28/h3-4,7-8,17,19,21H,5-6,9-14H2,1-2H3. The van der Waals surface area contributed by atoms with Crippen molar-refractivity contribution in [2.45, 2.75) is 70.0 Å². The number of nitrogens with zero attached hydrogens (tertiary/aromatic N) is 3. The van der Waals surface area contributed by atoms with E-state index in [1.54, 1.807) is 0 Å². The van der Waals surface area contributed by atoms with E-state index in [0.717, 1.165) is 6.92 Å². The number of carbonyl (C=O) groups excluding carboxylic acids is 3. The van der Waals surface area contributed by atoms with E-state index in [9.17, 15) is 31.9 Å². The lowest BCUT2D eigenvalue weighted by molar-refractivity contribution is -0.185. The molecule has 34 heavy (non-hydrogen) atoms. The van der Waals surface area contributed by atoms with Crippen molar-refractivity contribution in [3.63, 3.8) is 0 Å². The van der Waals surface area contributed by atoms with Crippen LogP contribution in [0.15, 0.2) is 24.3 Å². The first-order chi connectivity index (χ1) is 15.9. The number of hydrogen-bond acceptors (Lipinski definition) is 3. The second kappa shape index (κ2) is 8.85. The molecule has 2 heterocycles. The Balaban J connectivity index is 1.55. The minimum absolute atomic E-state index is 0.0534. The second-order valence-electron chi connectivity index (χ2n) is 9.81. The van der Waals surface area contributed by atoms with Crippen molar-refractivity contribution in [3.05, 3.63) is 35.4 Å². The number of likely N-dealkylation sites (tertiary alicyclic amines) is 1. The maximum Gasteiger partial charge on any atom is 0.270 e. The quantitative estimate of drug-likeness (QED) is 0.604. The Morgan fingerprint density at radius 2 is 1.68 bits per heavy atom. The molecule has 0 N–H and O–H groups in total. The van der Waals surface area contributed by atoms with Crippen molar-refractivity contribution in [1.29, 1.82) is 0 Å². The molecule has 6 nitrogen and oxygen atoms in total. The van der Waals surface area contributed by atoms with Gasteiger partial charge in [-0.25, -0.2) is 17.6 Å². The van der Waals surface area contributed by atoms with Gasteiger partial charge in [0.1, 0.15) is 6.54 Å². The summed E-state index contributed by atoms with van der Waals surface area (Å²) in [5, 5.41) is 0. The van der Waals surface area contributed by atoms with Gasteiger partial charge in [0.2, 0.25) is 18.2 Å². The molecule has 1 aliphatic carbocycles. The molecular weight excluding hydrogens is 454 g/mol. The van der Waals surface area contributed by atoms with Gasteiger partial charge >= 0.3 is 0 Å². The number of hydrogen-bond donors (Lipinski definition) is 0. The number of amides is 3. The summed E-state index contributed by atoms with van der Waals surface area (Å²) >= 11 is 0. The molecule has 3 aliphatic rings. The maximum atomic E-state index is 13.7. The fourth-order valence-electron chi connectivity index (χ4n) is 5.32. The molecule has 0 unspecified atom stereocenters. The van der Waals surface area contributed by atoms with Gasteiger partial charge in [0.15, 0.2) is 5.54 Å². The summed E-state index contributed by atoms with van der Waals surface area (Å²) in [5.41, 5.74) is -0.779. The Kier molecular flexibility index (Phi) is 6.37. The SMILES string of the molecule is CC(=O)N1CC2(C1)C(=O)N(C1CCC(C(F)F)CC1)CC(=O)N2Cc1ccc(C(C)(F)F)cc1. The van der Waals surface area contributed by atoms with Crippen molar-refractivity contribution in [2.75, 3.05) is 19.6 Å². The normalized spacial score (nSPS) is 25.2. The maximum absolute atomic E-state index is 13.7. The van der Waals surface area contributed by atoms with Crippen molar-refractivity contribution < 1.29 is 31.9 Å². The highest BCUT2D eigenvalue weighted by Crippen LogP contribution is 2.39. The molecule has 186 valence electrons. The topological polar surface area (TPSA) is 60.9 Å². The van der Waals surface area contributed by atoms with Crippen LogP contribution in [0.4, 0.5) is 17.6 Å². The minimum Gasteiger partial charge on any atom is -0.337 e. The van der Waals surface area contributed by atoms with Crippen molar-refractivity contribution in [3.8, 4) is 0 Å². The molecule has 0 bridgehead atoms. The molecule has 1 spiro atoms. The Bertz CT molecular complexity index is 949. The molecule has 0 atom stereocenters. The van der Waals surface area contributed by atoms with E-state index in [2.05, 4.69) is 0 Å². The average Bonchev–Trinajstić information content (AvgIpc) is 2.74. The monoisotopic (exact) mass is 483 g/mol. The van der Waals surface area contributed by atoms with Crippen LogP contribution in [0, 0.1) is 5.92 Å².